The minimum absolute atomic E-state index is 0.0415. The van der Waals surface area contributed by atoms with Gasteiger partial charge in [-0.2, -0.15) is 0 Å². The van der Waals surface area contributed by atoms with Gasteiger partial charge < -0.3 is 14.4 Å². The highest BCUT2D eigenvalue weighted by molar-refractivity contribution is 7.78. The SMILES string of the molecule is C[N+](C)(c1ccc(C2=CC3(CCN(CC(=O)O)CC3)Oc3ccccc32)cc1)S(=O)[O-]. The van der Waals surface area contributed by atoms with Crippen LogP contribution in [0.2, 0.25) is 0 Å². The predicted molar refractivity (Wildman–Crippen MR) is 119 cm³/mol. The lowest BCUT2D eigenvalue weighted by atomic mass is 9.83. The zero-order valence-electron chi connectivity index (χ0n) is 17.6. The van der Waals surface area contributed by atoms with Crippen molar-refractivity contribution in [3.63, 3.8) is 0 Å². The summed E-state index contributed by atoms with van der Waals surface area (Å²) >= 11 is -2.28. The van der Waals surface area contributed by atoms with Crippen LogP contribution in [0.1, 0.15) is 24.0 Å². The van der Waals surface area contributed by atoms with Gasteiger partial charge in [-0.15, -0.1) is 0 Å². The minimum Gasteiger partial charge on any atom is -0.724 e. The van der Waals surface area contributed by atoms with Gasteiger partial charge in [0.2, 0.25) is 0 Å². The van der Waals surface area contributed by atoms with Crippen LogP contribution in [-0.4, -0.2) is 64.1 Å². The highest BCUT2D eigenvalue weighted by Crippen LogP contribution is 2.43. The van der Waals surface area contributed by atoms with Crippen LogP contribution in [0.15, 0.2) is 54.6 Å². The van der Waals surface area contributed by atoms with E-state index in [2.05, 4.69) is 6.08 Å². The van der Waals surface area contributed by atoms with E-state index < -0.39 is 22.8 Å². The second kappa shape index (κ2) is 8.20. The van der Waals surface area contributed by atoms with E-state index in [1.807, 2.05) is 53.4 Å². The van der Waals surface area contributed by atoms with Crippen molar-refractivity contribution in [1.82, 2.24) is 8.79 Å². The van der Waals surface area contributed by atoms with Crippen molar-refractivity contribution < 1.29 is 23.4 Å². The topological polar surface area (TPSA) is 89.9 Å². The molecule has 31 heavy (non-hydrogen) atoms. The van der Waals surface area contributed by atoms with Crippen molar-refractivity contribution in [3.8, 4) is 5.75 Å². The molecule has 2 aliphatic rings. The van der Waals surface area contributed by atoms with Gasteiger partial charge in [0.05, 0.1) is 20.6 Å². The first-order valence-electron chi connectivity index (χ1n) is 10.2. The number of carboxylic acids is 1. The number of hydrogen-bond donors (Lipinski definition) is 1. The summed E-state index contributed by atoms with van der Waals surface area (Å²) in [6, 6.07) is 15.5. The van der Waals surface area contributed by atoms with E-state index in [1.165, 1.54) is 0 Å². The molecule has 2 aromatic carbocycles. The van der Waals surface area contributed by atoms with Crippen LogP contribution in [0, 0.1) is 0 Å². The fraction of sp³-hybridized carbons (Fsp3) is 0.348. The first-order valence-corrected chi connectivity index (χ1v) is 11.2. The smallest absolute Gasteiger partial charge is 0.317 e. The number of piperidine rings is 1. The van der Waals surface area contributed by atoms with Gasteiger partial charge in [-0.05, 0) is 35.4 Å². The minimum atomic E-state index is -2.28. The standard InChI is InChI=1S/C23H26N2O5S/c1-25(2,31(28)29)18-9-7-17(8-10-18)20-15-23(30-21-6-4-3-5-19(20)21)11-13-24(14-12-23)16-22(26)27/h3-10,15H,11-14,16H2,1-2H3,(H-,26,27,28,29). The quantitative estimate of drug-likeness (QED) is 0.566. The Morgan fingerprint density at radius 1 is 1.16 bits per heavy atom. The summed E-state index contributed by atoms with van der Waals surface area (Å²) in [6.45, 7) is 1.34. The molecule has 0 aromatic heterocycles. The van der Waals surface area contributed by atoms with E-state index >= 15 is 0 Å². The van der Waals surface area contributed by atoms with Crippen LogP contribution in [0.4, 0.5) is 5.69 Å². The van der Waals surface area contributed by atoms with Crippen LogP contribution in [-0.2, 0) is 16.1 Å². The Balaban J connectivity index is 1.68. The average molecular weight is 443 g/mol. The van der Waals surface area contributed by atoms with Crippen LogP contribution in [0.3, 0.4) is 0 Å². The number of likely N-dealkylation sites (tertiary alicyclic amines) is 1. The molecule has 0 radical (unpaired) electrons. The number of hydrogen-bond acceptors (Lipinski definition) is 5. The van der Waals surface area contributed by atoms with Gasteiger partial charge in [0.1, 0.15) is 17.0 Å². The highest BCUT2D eigenvalue weighted by Gasteiger charge is 2.39. The zero-order chi connectivity index (χ0) is 22.2. The Morgan fingerprint density at radius 2 is 1.81 bits per heavy atom. The largest absolute Gasteiger partial charge is 0.724 e. The van der Waals surface area contributed by atoms with E-state index in [9.17, 15) is 13.6 Å². The third kappa shape index (κ3) is 4.29. The van der Waals surface area contributed by atoms with E-state index in [0.717, 1.165) is 22.4 Å². The van der Waals surface area contributed by atoms with Crippen molar-refractivity contribution in [1.29, 1.82) is 0 Å². The molecular formula is C23H26N2O5S. The summed E-state index contributed by atoms with van der Waals surface area (Å²) in [6.07, 6.45) is 3.57. The molecule has 1 fully saturated rings. The molecule has 2 heterocycles. The Bertz CT molecular complexity index is 1040. The van der Waals surface area contributed by atoms with Gasteiger partial charge >= 0.3 is 5.97 Å². The van der Waals surface area contributed by atoms with Crippen molar-refractivity contribution in [2.75, 3.05) is 33.7 Å². The molecule has 1 atom stereocenters. The summed E-state index contributed by atoms with van der Waals surface area (Å²) in [5, 5.41) is 9.08. The zero-order valence-corrected chi connectivity index (χ0v) is 18.4. The molecule has 1 unspecified atom stereocenters. The third-order valence-corrected chi connectivity index (χ3v) is 7.09. The second-order valence-electron chi connectivity index (χ2n) is 8.51. The van der Waals surface area contributed by atoms with Crippen LogP contribution in [0.5, 0.6) is 5.75 Å². The molecule has 0 bridgehead atoms. The normalized spacial score (nSPS) is 19.3. The number of quaternary nitrogens is 1. The molecule has 1 saturated heterocycles. The summed E-state index contributed by atoms with van der Waals surface area (Å²) in [5.41, 5.74) is 3.23. The van der Waals surface area contributed by atoms with Crippen molar-refractivity contribution in [2.45, 2.75) is 18.4 Å². The van der Waals surface area contributed by atoms with E-state index in [0.29, 0.717) is 31.6 Å². The molecule has 1 N–H and O–H groups in total. The average Bonchev–Trinajstić information content (AvgIpc) is 2.75. The lowest BCUT2D eigenvalue weighted by Gasteiger charge is -2.42. The number of nitrogens with zero attached hydrogens (tertiary/aromatic N) is 2. The molecule has 0 saturated carbocycles. The number of aliphatic carboxylic acids is 1. The van der Waals surface area contributed by atoms with E-state index in [4.69, 9.17) is 9.84 Å². The first kappa shape index (κ1) is 21.7. The second-order valence-corrected chi connectivity index (χ2v) is 9.85. The third-order valence-electron chi connectivity index (χ3n) is 6.13. The summed E-state index contributed by atoms with van der Waals surface area (Å²) in [7, 11) is 3.25. The van der Waals surface area contributed by atoms with E-state index in [1.54, 1.807) is 14.1 Å². The van der Waals surface area contributed by atoms with Crippen LogP contribution in [0.25, 0.3) is 5.57 Å². The van der Waals surface area contributed by atoms with Crippen molar-refractivity contribution >= 4 is 28.5 Å². The lowest BCUT2D eigenvalue weighted by molar-refractivity contribution is -0.139. The fourth-order valence-electron chi connectivity index (χ4n) is 4.22. The van der Waals surface area contributed by atoms with Gasteiger partial charge in [0, 0.05) is 43.6 Å². The van der Waals surface area contributed by atoms with Crippen molar-refractivity contribution in [2.24, 2.45) is 0 Å². The van der Waals surface area contributed by atoms with Crippen LogP contribution >= 0.6 is 0 Å². The fourth-order valence-corrected chi connectivity index (χ4v) is 4.51. The Labute approximate surface area is 184 Å². The number of rotatable bonds is 5. The molecule has 164 valence electrons. The number of benzene rings is 2. The molecule has 4 rings (SSSR count). The number of fused-ring (bicyclic) bond motifs is 1. The molecule has 7 nitrogen and oxygen atoms in total. The first-order chi connectivity index (χ1) is 14.7. The molecule has 8 heteroatoms. The number of ether oxygens (including phenoxy) is 1. The van der Waals surface area contributed by atoms with Gasteiger partial charge in [0.25, 0.3) is 0 Å². The summed E-state index contributed by atoms with van der Waals surface area (Å²) < 4.78 is 29.3. The van der Waals surface area contributed by atoms with E-state index in [-0.39, 0.29) is 10.4 Å². The number of carbonyl (C=O) groups is 1. The predicted octanol–water partition coefficient (Wildman–Crippen LogP) is 2.79. The van der Waals surface area contributed by atoms with Gasteiger partial charge in [0.15, 0.2) is 11.3 Å². The number of para-hydroxylation sites is 1. The molecule has 1 spiro atoms. The maximum absolute atomic E-state index is 11.6. The Hall–Kier alpha value is -2.52. The van der Waals surface area contributed by atoms with Gasteiger partial charge in [-0.25, -0.2) is 8.10 Å². The Morgan fingerprint density at radius 3 is 2.42 bits per heavy atom. The molecule has 2 aromatic rings. The molecule has 0 amide bonds. The highest BCUT2D eigenvalue weighted by atomic mass is 32.2. The maximum atomic E-state index is 11.6. The molecule has 0 aliphatic carbocycles. The van der Waals surface area contributed by atoms with Gasteiger partial charge in [-0.3, -0.25) is 9.69 Å². The number of carboxylic acid groups (broad SMARTS) is 1. The Kier molecular flexibility index (Phi) is 5.74. The molecular weight excluding hydrogens is 416 g/mol. The molecule has 2 aliphatic heterocycles. The summed E-state index contributed by atoms with van der Waals surface area (Å²) in [5.74, 6) is -0.00458. The lowest BCUT2D eigenvalue weighted by Crippen LogP contribution is -2.49. The monoisotopic (exact) mass is 442 g/mol. The maximum Gasteiger partial charge on any atom is 0.317 e. The van der Waals surface area contributed by atoms with Gasteiger partial charge in [-0.1, -0.05) is 18.2 Å². The van der Waals surface area contributed by atoms with Crippen LogP contribution < -0.4 is 8.63 Å². The summed E-state index contributed by atoms with van der Waals surface area (Å²) in [4.78, 5) is 13.0. The van der Waals surface area contributed by atoms with Crippen molar-refractivity contribution in [3.05, 3.63) is 65.7 Å².